The third-order valence-corrected chi connectivity index (χ3v) is 5.16. The first-order valence-electron chi connectivity index (χ1n) is 7.71. The van der Waals surface area contributed by atoms with Crippen LogP contribution in [0.3, 0.4) is 0 Å². The van der Waals surface area contributed by atoms with E-state index < -0.39 is 5.41 Å². The maximum absolute atomic E-state index is 12.7. The molecule has 6 heteroatoms. The Balaban J connectivity index is 1.62. The van der Waals surface area contributed by atoms with E-state index in [-0.39, 0.29) is 24.0 Å². The van der Waals surface area contributed by atoms with Crippen LogP contribution in [-0.4, -0.2) is 48.6 Å². The first kappa shape index (κ1) is 14.3. The van der Waals surface area contributed by atoms with E-state index in [1.807, 2.05) is 4.90 Å². The van der Waals surface area contributed by atoms with Crippen LogP contribution in [-0.2, 0) is 14.3 Å². The number of piperidine rings is 1. The molecule has 1 aliphatic carbocycles. The summed E-state index contributed by atoms with van der Waals surface area (Å²) in [6.07, 6.45) is 4.76. The minimum Gasteiger partial charge on any atom is -0.363 e. The first-order chi connectivity index (χ1) is 10.1. The van der Waals surface area contributed by atoms with Crippen molar-refractivity contribution in [2.24, 2.45) is 5.41 Å². The molecule has 2 aliphatic heterocycles. The number of hydrogen-bond acceptors (Lipinski definition) is 4. The van der Waals surface area contributed by atoms with Crippen molar-refractivity contribution in [3.63, 3.8) is 0 Å². The van der Waals surface area contributed by atoms with Crippen LogP contribution in [0.25, 0.3) is 0 Å². The molecule has 1 N–H and O–H groups in total. The Bertz CT molecular complexity index is 471. The monoisotopic (exact) mass is 291 g/mol. The van der Waals surface area contributed by atoms with E-state index >= 15 is 0 Å². The van der Waals surface area contributed by atoms with E-state index in [4.69, 9.17) is 4.74 Å². The predicted molar refractivity (Wildman–Crippen MR) is 74.0 cm³/mol. The van der Waals surface area contributed by atoms with Gasteiger partial charge >= 0.3 is 0 Å². The third kappa shape index (κ3) is 2.51. The second-order valence-corrected chi connectivity index (χ2v) is 6.44. The molecule has 2 saturated heterocycles. The van der Waals surface area contributed by atoms with Gasteiger partial charge in [0.1, 0.15) is 12.0 Å². The summed E-state index contributed by atoms with van der Waals surface area (Å²) < 4.78 is 5.71. The molecule has 2 amide bonds. The van der Waals surface area contributed by atoms with Gasteiger partial charge in [-0.2, -0.15) is 5.26 Å². The molecule has 0 atom stereocenters. The number of amides is 2. The van der Waals surface area contributed by atoms with Crippen LogP contribution in [0.5, 0.6) is 0 Å². The summed E-state index contributed by atoms with van der Waals surface area (Å²) in [5.74, 6) is -0.0780. The summed E-state index contributed by atoms with van der Waals surface area (Å²) in [6.45, 7) is 1.85. The number of nitriles is 1. The molecule has 1 saturated carbocycles. The molecule has 0 aromatic carbocycles. The largest absolute Gasteiger partial charge is 0.363 e. The zero-order chi connectivity index (χ0) is 14.9. The zero-order valence-electron chi connectivity index (χ0n) is 12.2. The van der Waals surface area contributed by atoms with Gasteiger partial charge in [0.05, 0.1) is 11.7 Å². The highest BCUT2D eigenvalue weighted by Gasteiger charge is 2.47. The molecule has 1 spiro atoms. The van der Waals surface area contributed by atoms with Crippen LogP contribution in [0.4, 0.5) is 0 Å². The topological polar surface area (TPSA) is 82.4 Å². The number of nitrogens with one attached hydrogen (secondary N) is 1. The minimum absolute atomic E-state index is 0.00260. The second kappa shape index (κ2) is 5.30. The molecular formula is C15H21N3O3. The Kier molecular flexibility index (Phi) is 3.62. The summed E-state index contributed by atoms with van der Waals surface area (Å²) in [4.78, 5) is 25.7. The molecular weight excluding hydrogens is 270 g/mol. The van der Waals surface area contributed by atoms with Crippen LogP contribution in [0.1, 0.15) is 38.5 Å². The quantitative estimate of drug-likeness (QED) is 0.766. The van der Waals surface area contributed by atoms with E-state index in [0.29, 0.717) is 32.5 Å². The Morgan fingerprint density at radius 2 is 1.90 bits per heavy atom. The zero-order valence-corrected chi connectivity index (χ0v) is 12.2. The smallest absolute Gasteiger partial charge is 0.246 e. The number of ether oxygens (including phenoxy) is 1. The number of rotatable bonds is 1. The summed E-state index contributed by atoms with van der Waals surface area (Å²) >= 11 is 0. The molecule has 6 nitrogen and oxygen atoms in total. The van der Waals surface area contributed by atoms with Gasteiger partial charge in [-0.3, -0.25) is 9.59 Å². The Hall–Kier alpha value is -1.61. The van der Waals surface area contributed by atoms with Gasteiger partial charge in [-0.25, -0.2) is 0 Å². The van der Waals surface area contributed by atoms with E-state index in [9.17, 15) is 14.9 Å². The highest BCUT2D eigenvalue weighted by Crippen LogP contribution is 2.40. The Morgan fingerprint density at radius 1 is 1.24 bits per heavy atom. The lowest BCUT2D eigenvalue weighted by molar-refractivity contribution is -0.157. The van der Waals surface area contributed by atoms with Crippen molar-refractivity contribution in [3.8, 4) is 6.07 Å². The van der Waals surface area contributed by atoms with Gasteiger partial charge < -0.3 is 15.0 Å². The Morgan fingerprint density at radius 3 is 2.43 bits per heavy atom. The summed E-state index contributed by atoms with van der Waals surface area (Å²) in [5, 5.41) is 12.3. The molecule has 2 heterocycles. The highest BCUT2D eigenvalue weighted by molar-refractivity contribution is 5.86. The lowest BCUT2D eigenvalue weighted by atomic mass is 9.84. The van der Waals surface area contributed by atoms with Gasteiger partial charge in [0, 0.05) is 19.6 Å². The fourth-order valence-corrected chi connectivity index (χ4v) is 3.67. The number of likely N-dealkylation sites (tertiary alicyclic amines) is 1. The van der Waals surface area contributed by atoms with E-state index in [1.165, 1.54) is 0 Å². The van der Waals surface area contributed by atoms with Crippen LogP contribution < -0.4 is 5.32 Å². The van der Waals surface area contributed by atoms with Crippen LogP contribution in [0, 0.1) is 16.7 Å². The van der Waals surface area contributed by atoms with Crippen molar-refractivity contribution in [1.29, 1.82) is 5.26 Å². The average molecular weight is 291 g/mol. The van der Waals surface area contributed by atoms with Crippen LogP contribution in [0.2, 0.25) is 0 Å². The van der Waals surface area contributed by atoms with Gasteiger partial charge in [-0.05, 0) is 25.7 Å². The van der Waals surface area contributed by atoms with Crippen molar-refractivity contribution in [1.82, 2.24) is 10.2 Å². The first-order valence-corrected chi connectivity index (χ1v) is 7.71. The molecule has 0 radical (unpaired) electrons. The summed E-state index contributed by atoms with van der Waals surface area (Å²) in [6, 6.07) is 2.27. The van der Waals surface area contributed by atoms with Gasteiger partial charge in [0.2, 0.25) is 11.8 Å². The number of hydrogen-bond donors (Lipinski definition) is 1. The average Bonchev–Trinajstić information content (AvgIpc) is 3.01. The predicted octanol–water partition coefficient (Wildman–Crippen LogP) is 0.578. The lowest BCUT2D eigenvalue weighted by Crippen LogP contribution is -2.59. The van der Waals surface area contributed by atoms with Crippen molar-refractivity contribution in [2.45, 2.75) is 44.1 Å². The van der Waals surface area contributed by atoms with E-state index in [1.54, 1.807) is 0 Å². The van der Waals surface area contributed by atoms with Crippen molar-refractivity contribution < 1.29 is 14.3 Å². The molecule has 0 unspecified atom stereocenters. The molecule has 0 aromatic rings. The summed E-state index contributed by atoms with van der Waals surface area (Å²) in [7, 11) is 0. The fraction of sp³-hybridized carbons (Fsp3) is 0.800. The van der Waals surface area contributed by atoms with Gasteiger partial charge in [-0.15, -0.1) is 0 Å². The Labute approximate surface area is 124 Å². The molecule has 0 bridgehead atoms. The second-order valence-electron chi connectivity index (χ2n) is 6.44. The van der Waals surface area contributed by atoms with Crippen molar-refractivity contribution in [2.75, 3.05) is 26.2 Å². The standard InChI is InChI=1S/C15H21N3O3/c16-10-14(3-1-2-4-14)13(20)18-7-5-15(6-8-18)11-17-12(19)9-21-15/h1-9,11H2,(H,17,19). The van der Waals surface area contributed by atoms with Gasteiger partial charge in [0.15, 0.2) is 0 Å². The molecule has 114 valence electrons. The van der Waals surface area contributed by atoms with E-state index in [2.05, 4.69) is 11.4 Å². The number of morpholine rings is 1. The number of nitrogens with zero attached hydrogens (tertiary/aromatic N) is 2. The summed E-state index contributed by atoms with van der Waals surface area (Å²) in [5.41, 5.74) is -1.10. The molecule has 21 heavy (non-hydrogen) atoms. The molecule has 3 fully saturated rings. The number of carbonyl (C=O) groups excluding carboxylic acids is 2. The van der Waals surface area contributed by atoms with Gasteiger partial charge in [-0.1, -0.05) is 12.8 Å². The maximum atomic E-state index is 12.7. The molecule has 3 rings (SSSR count). The molecule has 0 aromatic heterocycles. The minimum atomic E-state index is -0.786. The van der Waals surface area contributed by atoms with Gasteiger partial charge in [0.25, 0.3) is 0 Å². The SMILES string of the molecule is N#CC1(C(=O)N2CCC3(CC2)CNC(=O)CO3)CCCC1. The van der Waals surface area contributed by atoms with Crippen molar-refractivity contribution >= 4 is 11.8 Å². The molecule has 3 aliphatic rings. The van der Waals surface area contributed by atoms with E-state index in [0.717, 1.165) is 25.7 Å². The third-order valence-electron chi connectivity index (χ3n) is 5.16. The van der Waals surface area contributed by atoms with Crippen LogP contribution >= 0.6 is 0 Å². The lowest BCUT2D eigenvalue weighted by Gasteiger charge is -2.44. The fourth-order valence-electron chi connectivity index (χ4n) is 3.67. The highest BCUT2D eigenvalue weighted by atomic mass is 16.5. The normalized spacial score (nSPS) is 27.2. The van der Waals surface area contributed by atoms with Crippen molar-refractivity contribution in [3.05, 3.63) is 0 Å². The maximum Gasteiger partial charge on any atom is 0.246 e. The van der Waals surface area contributed by atoms with Crippen LogP contribution in [0.15, 0.2) is 0 Å². The number of carbonyl (C=O) groups is 2.